The Hall–Kier alpha value is -2.93. The quantitative estimate of drug-likeness (QED) is 0.787. The molecule has 1 fully saturated rings. The first-order chi connectivity index (χ1) is 13.3. The molecule has 0 saturated carbocycles. The van der Waals surface area contributed by atoms with Crippen LogP contribution in [-0.4, -0.2) is 53.2 Å². The Kier molecular flexibility index (Phi) is 7.52. The molecule has 6 nitrogen and oxygen atoms in total. The average molecular weight is 388 g/mol. The van der Waals surface area contributed by atoms with E-state index in [4.69, 9.17) is 19.8 Å². The number of benzene rings is 2. The van der Waals surface area contributed by atoms with Crippen molar-refractivity contribution < 1.29 is 24.2 Å². The molecule has 1 aliphatic rings. The Morgan fingerprint density at radius 1 is 0.929 bits per heavy atom. The van der Waals surface area contributed by atoms with E-state index in [2.05, 4.69) is 41.8 Å². The van der Waals surface area contributed by atoms with Crippen LogP contribution in [0.15, 0.2) is 42.5 Å². The maximum Gasteiger partial charge on any atom is 0.414 e. The first-order valence-electron chi connectivity index (χ1n) is 9.02. The highest BCUT2D eigenvalue weighted by Crippen LogP contribution is 2.24. The van der Waals surface area contributed by atoms with E-state index in [9.17, 15) is 4.39 Å². The molecule has 150 valence electrons. The summed E-state index contributed by atoms with van der Waals surface area (Å²) in [6.07, 6.45) is 0. The second kappa shape index (κ2) is 9.85. The van der Waals surface area contributed by atoms with Gasteiger partial charge >= 0.3 is 11.9 Å². The average Bonchev–Trinajstić information content (AvgIpc) is 2.67. The maximum absolute atomic E-state index is 13.0. The third-order valence-corrected chi connectivity index (χ3v) is 4.79. The Labute approximate surface area is 163 Å². The minimum atomic E-state index is -1.82. The lowest BCUT2D eigenvalue weighted by molar-refractivity contribution is -0.159. The number of rotatable bonds is 3. The van der Waals surface area contributed by atoms with Crippen LogP contribution < -0.4 is 4.90 Å². The molecule has 1 saturated heterocycles. The van der Waals surface area contributed by atoms with Gasteiger partial charge in [0.25, 0.3) is 0 Å². The fraction of sp³-hybridized carbons (Fsp3) is 0.333. The summed E-state index contributed by atoms with van der Waals surface area (Å²) in [5, 5.41) is 14.8. The van der Waals surface area contributed by atoms with Crippen LogP contribution in [-0.2, 0) is 16.1 Å². The van der Waals surface area contributed by atoms with Crippen molar-refractivity contribution >= 4 is 17.6 Å². The summed E-state index contributed by atoms with van der Waals surface area (Å²) in [5.41, 5.74) is 5.28. The van der Waals surface area contributed by atoms with Gasteiger partial charge in [-0.3, -0.25) is 4.90 Å². The molecule has 0 spiro atoms. The summed E-state index contributed by atoms with van der Waals surface area (Å²) in [7, 11) is 0. The molecule has 3 rings (SSSR count). The second-order valence-electron chi connectivity index (χ2n) is 6.72. The van der Waals surface area contributed by atoms with Crippen molar-refractivity contribution in [1.29, 1.82) is 0 Å². The molecule has 1 heterocycles. The van der Waals surface area contributed by atoms with E-state index >= 15 is 0 Å². The minimum Gasteiger partial charge on any atom is -0.473 e. The Morgan fingerprint density at radius 3 is 2.04 bits per heavy atom. The van der Waals surface area contributed by atoms with Crippen molar-refractivity contribution in [3.8, 4) is 0 Å². The highest BCUT2D eigenvalue weighted by Gasteiger charge is 2.18. The molecular weight excluding hydrogens is 363 g/mol. The van der Waals surface area contributed by atoms with Crippen LogP contribution in [0.1, 0.15) is 16.7 Å². The van der Waals surface area contributed by atoms with E-state index in [1.165, 1.54) is 22.4 Å². The molecule has 0 amide bonds. The summed E-state index contributed by atoms with van der Waals surface area (Å²) in [5.74, 6) is -3.81. The summed E-state index contributed by atoms with van der Waals surface area (Å²) in [4.78, 5) is 23.1. The number of aliphatic carboxylic acids is 2. The largest absolute Gasteiger partial charge is 0.473 e. The van der Waals surface area contributed by atoms with Crippen LogP contribution in [0.25, 0.3) is 0 Å². The first-order valence-corrected chi connectivity index (χ1v) is 9.02. The molecule has 2 N–H and O–H groups in total. The minimum absolute atomic E-state index is 0.163. The summed E-state index contributed by atoms with van der Waals surface area (Å²) in [6.45, 7) is 9.46. The third kappa shape index (κ3) is 6.06. The number of carboxylic acids is 2. The molecule has 7 heteroatoms. The zero-order valence-corrected chi connectivity index (χ0v) is 16.1. The number of halogens is 1. The molecule has 0 aliphatic carbocycles. The molecule has 0 radical (unpaired) electrons. The first kappa shape index (κ1) is 21.4. The molecule has 0 aromatic heterocycles. The summed E-state index contributed by atoms with van der Waals surface area (Å²) < 4.78 is 13.0. The van der Waals surface area contributed by atoms with Crippen LogP contribution >= 0.6 is 0 Å². The normalized spacial score (nSPS) is 14.2. The molecule has 0 bridgehead atoms. The number of hydrogen-bond donors (Lipinski definition) is 2. The lowest BCUT2D eigenvalue weighted by Crippen LogP contribution is -2.46. The predicted octanol–water partition coefficient (Wildman–Crippen LogP) is 2.92. The highest BCUT2D eigenvalue weighted by molar-refractivity contribution is 6.27. The van der Waals surface area contributed by atoms with Gasteiger partial charge in [0.05, 0.1) is 0 Å². The van der Waals surface area contributed by atoms with Crippen molar-refractivity contribution in [2.45, 2.75) is 20.4 Å². The van der Waals surface area contributed by atoms with Gasteiger partial charge in [-0.15, -0.1) is 0 Å². The molecular formula is C21H25FN2O4. The number of hydrogen-bond acceptors (Lipinski definition) is 4. The number of carboxylic acid groups (broad SMARTS) is 2. The predicted molar refractivity (Wildman–Crippen MR) is 105 cm³/mol. The van der Waals surface area contributed by atoms with Gasteiger partial charge in [0, 0.05) is 38.4 Å². The Morgan fingerprint density at radius 2 is 1.50 bits per heavy atom. The molecule has 0 unspecified atom stereocenters. The lowest BCUT2D eigenvalue weighted by Gasteiger charge is -2.37. The van der Waals surface area contributed by atoms with Gasteiger partial charge in [0.1, 0.15) is 5.82 Å². The molecule has 2 aromatic carbocycles. The zero-order chi connectivity index (χ0) is 20.7. The molecule has 0 atom stereocenters. The van der Waals surface area contributed by atoms with Crippen LogP contribution in [0, 0.1) is 19.7 Å². The second-order valence-corrected chi connectivity index (χ2v) is 6.72. The van der Waals surface area contributed by atoms with E-state index < -0.39 is 11.9 Å². The van der Waals surface area contributed by atoms with Gasteiger partial charge in [-0.25, -0.2) is 14.0 Å². The fourth-order valence-corrected chi connectivity index (χ4v) is 3.07. The van der Waals surface area contributed by atoms with Crippen molar-refractivity contribution in [2.24, 2.45) is 0 Å². The SMILES string of the molecule is Cc1cccc(N2CCN(Cc3ccc(F)cc3)CC2)c1C.O=C(O)C(=O)O. The summed E-state index contributed by atoms with van der Waals surface area (Å²) in [6, 6.07) is 13.4. The van der Waals surface area contributed by atoms with Crippen LogP contribution in [0.5, 0.6) is 0 Å². The van der Waals surface area contributed by atoms with E-state index in [0.717, 1.165) is 32.7 Å². The Bertz CT molecular complexity index is 804. The van der Waals surface area contributed by atoms with Gasteiger partial charge in [0.15, 0.2) is 0 Å². The standard InChI is InChI=1S/C19H23FN2.C2H2O4/c1-15-4-3-5-19(16(15)2)22-12-10-21(11-13-22)14-17-6-8-18(20)9-7-17;3-1(4)2(5)6/h3-9H,10-14H2,1-2H3;(H,3,4)(H,5,6). The van der Waals surface area contributed by atoms with Crippen LogP contribution in [0.2, 0.25) is 0 Å². The lowest BCUT2D eigenvalue weighted by atomic mass is 10.1. The smallest absolute Gasteiger partial charge is 0.414 e. The fourth-order valence-electron chi connectivity index (χ4n) is 3.07. The molecule has 28 heavy (non-hydrogen) atoms. The molecule has 1 aliphatic heterocycles. The topological polar surface area (TPSA) is 81.1 Å². The van der Waals surface area contributed by atoms with E-state index in [1.54, 1.807) is 12.1 Å². The van der Waals surface area contributed by atoms with Gasteiger partial charge < -0.3 is 15.1 Å². The van der Waals surface area contributed by atoms with Gasteiger partial charge in [-0.05, 0) is 48.7 Å². The van der Waals surface area contributed by atoms with Gasteiger partial charge in [0.2, 0.25) is 0 Å². The third-order valence-electron chi connectivity index (χ3n) is 4.79. The summed E-state index contributed by atoms with van der Waals surface area (Å²) >= 11 is 0. The van der Waals surface area contributed by atoms with Crippen molar-refractivity contribution in [3.63, 3.8) is 0 Å². The Balaban J connectivity index is 0.000000409. The van der Waals surface area contributed by atoms with Crippen LogP contribution in [0.3, 0.4) is 0 Å². The highest BCUT2D eigenvalue weighted by atomic mass is 19.1. The number of piperazine rings is 1. The van der Waals surface area contributed by atoms with Crippen LogP contribution in [0.4, 0.5) is 10.1 Å². The van der Waals surface area contributed by atoms with E-state index in [-0.39, 0.29) is 5.82 Å². The number of aryl methyl sites for hydroxylation is 1. The van der Waals surface area contributed by atoms with E-state index in [0.29, 0.717) is 0 Å². The molecule has 2 aromatic rings. The monoisotopic (exact) mass is 388 g/mol. The zero-order valence-electron chi connectivity index (χ0n) is 16.1. The van der Waals surface area contributed by atoms with Gasteiger partial charge in [-0.1, -0.05) is 24.3 Å². The number of anilines is 1. The van der Waals surface area contributed by atoms with Crippen molar-refractivity contribution in [2.75, 3.05) is 31.1 Å². The number of nitrogens with zero attached hydrogens (tertiary/aromatic N) is 2. The maximum atomic E-state index is 13.0. The van der Waals surface area contributed by atoms with Crippen molar-refractivity contribution in [3.05, 3.63) is 65.0 Å². The number of carbonyl (C=O) groups is 2. The van der Waals surface area contributed by atoms with E-state index in [1.807, 2.05) is 12.1 Å². The van der Waals surface area contributed by atoms with Gasteiger partial charge in [-0.2, -0.15) is 0 Å². The van der Waals surface area contributed by atoms with Crippen molar-refractivity contribution in [1.82, 2.24) is 4.90 Å².